The fourth-order valence-corrected chi connectivity index (χ4v) is 5.21. The van der Waals surface area contributed by atoms with Gasteiger partial charge in [0.05, 0.1) is 18.8 Å². The summed E-state index contributed by atoms with van der Waals surface area (Å²) in [6.07, 6.45) is 6.55. The largest absolute Gasteiger partial charge is 0.497 e. The standard InChI is InChI=1S/C26H28N4O4/c1-32-20-9-7-19(8-10-20)26(11-3-2-4-12-26)25(31)30-15-13-29(14-16-30)24-21(18-27)28-23(34-24)22-6-5-17-33-22/h5-10,17H,2-4,11-16H2,1H3. The summed E-state index contributed by atoms with van der Waals surface area (Å²) < 4.78 is 16.6. The van der Waals surface area contributed by atoms with E-state index in [-0.39, 0.29) is 17.5 Å². The highest BCUT2D eigenvalue weighted by atomic mass is 16.5. The quantitative estimate of drug-likeness (QED) is 0.558. The molecule has 5 rings (SSSR count). The van der Waals surface area contributed by atoms with Crippen LogP contribution in [0, 0.1) is 11.3 Å². The molecule has 34 heavy (non-hydrogen) atoms. The van der Waals surface area contributed by atoms with Gasteiger partial charge in [0, 0.05) is 26.2 Å². The number of carbonyl (C=O) groups is 1. The van der Waals surface area contributed by atoms with Crippen LogP contribution < -0.4 is 9.64 Å². The maximum absolute atomic E-state index is 13.9. The van der Waals surface area contributed by atoms with E-state index in [0.29, 0.717) is 37.8 Å². The second kappa shape index (κ2) is 9.26. The summed E-state index contributed by atoms with van der Waals surface area (Å²) >= 11 is 0. The Hall–Kier alpha value is -3.73. The third-order valence-electron chi connectivity index (χ3n) is 7.06. The van der Waals surface area contributed by atoms with Crippen LogP contribution >= 0.6 is 0 Å². The number of aromatic nitrogens is 1. The number of oxazole rings is 1. The van der Waals surface area contributed by atoms with Crippen LogP contribution in [-0.2, 0) is 10.2 Å². The molecule has 0 radical (unpaired) electrons. The Labute approximate surface area is 198 Å². The molecule has 8 heteroatoms. The topological polar surface area (TPSA) is 95.7 Å². The van der Waals surface area contributed by atoms with Crippen molar-refractivity contribution in [3.63, 3.8) is 0 Å². The van der Waals surface area contributed by atoms with E-state index in [1.54, 1.807) is 25.5 Å². The molecule has 1 saturated carbocycles. The van der Waals surface area contributed by atoms with Crippen molar-refractivity contribution in [1.29, 1.82) is 5.26 Å². The number of amides is 1. The number of piperazine rings is 1. The molecule has 0 atom stereocenters. The van der Waals surface area contributed by atoms with Crippen molar-refractivity contribution in [3.8, 4) is 23.5 Å². The predicted octanol–water partition coefficient (Wildman–Crippen LogP) is 4.37. The van der Waals surface area contributed by atoms with E-state index in [4.69, 9.17) is 13.6 Å². The molecule has 1 saturated heterocycles. The summed E-state index contributed by atoms with van der Waals surface area (Å²) in [7, 11) is 1.65. The van der Waals surface area contributed by atoms with Crippen molar-refractivity contribution in [2.45, 2.75) is 37.5 Å². The van der Waals surface area contributed by atoms with Crippen LogP contribution in [0.3, 0.4) is 0 Å². The third-order valence-corrected chi connectivity index (χ3v) is 7.06. The number of hydrogen-bond donors (Lipinski definition) is 0. The lowest BCUT2D eigenvalue weighted by Crippen LogP contribution is -2.55. The van der Waals surface area contributed by atoms with Gasteiger partial charge in [-0.2, -0.15) is 10.2 Å². The molecule has 3 heterocycles. The molecule has 1 aliphatic heterocycles. The zero-order chi connectivity index (χ0) is 23.5. The van der Waals surface area contributed by atoms with Gasteiger partial charge in [-0.15, -0.1) is 0 Å². The van der Waals surface area contributed by atoms with E-state index in [9.17, 15) is 10.1 Å². The van der Waals surface area contributed by atoms with Crippen molar-refractivity contribution in [3.05, 3.63) is 53.9 Å². The summed E-state index contributed by atoms with van der Waals surface area (Å²) in [5.41, 5.74) is 0.821. The van der Waals surface area contributed by atoms with Crippen LogP contribution in [0.25, 0.3) is 11.7 Å². The number of benzene rings is 1. The maximum Gasteiger partial charge on any atom is 0.266 e. The monoisotopic (exact) mass is 460 g/mol. The van der Waals surface area contributed by atoms with E-state index in [0.717, 1.165) is 37.0 Å². The smallest absolute Gasteiger partial charge is 0.266 e. The van der Waals surface area contributed by atoms with Gasteiger partial charge in [-0.05, 0) is 42.7 Å². The lowest BCUT2D eigenvalue weighted by Gasteiger charge is -2.43. The van der Waals surface area contributed by atoms with E-state index in [2.05, 4.69) is 11.1 Å². The lowest BCUT2D eigenvalue weighted by atomic mass is 9.68. The molecular formula is C26H28N4O4. The molecule has 176 valence electrons. The average Bonchev–Trinajstić information content (AvgIpc) is 3.59. The highest BCUT2D eigenvalue weighted by Gasteiger charge is 2.44. The Kier molecular flexibility index (Phi) is 6.01. The molecule has 1 aliphatic carbocycles. The minimum atomic E-state index is -0.483. The van der Waals surface area contributed by atoms with E-state index >= 15 is 0 Å². The Morgan fingerprint density at radius 1 is 1.09 bits per heavy atom. The first kappa shape index (κ1) is 22.1. The van der Waals surface area contributed by atoms with Crippen LogP contribution in [0.4, 0.5) is 5.88 Å². The van der Waals surface area contributed by atoms with Gasteiger partial charge < -0.3 is 23.4 Å². The Bertz CT molecular complexity index is 1160. The fourth-order valence-electron chi connectivity index (χ4n) is 5.21. The minimum absolute atomic E-state index is 0.200. The van der Waals surface area contributed by atoms with Crippen molar-refractivity contribution in [2.75, 3.05) is 38.2 Å². The number of nitriles is 1. The second-order valence-electron chi connectivity index (χ2n) is 8.91. The average molecular weight is 461 g/mol. The number of rotatable bonds is 5. The van der Waals surface area contributed by atoms with Crippen molar-refractivity contribution in [2.24, 2.45) is 0 Å². The number of hydrogen-bond acceptors (Lipinski definition) is 7. The van der Waals surface area contributed by atoms with Gasteiger partial charge in [0.1, 0.15) is 11.8 Å². The summed E-state index contributed by atoms with van der Waals surface area (Å²) in [4.78, 5) is 22.2. The van der Waals surface area contributed by atoms with Crippen LogP contribution in [-0.4, -0.2) is 49.1 Å². The number of furan rings is 1. The van der Waals surface area contributed by atoms with E-state index < -0.39 is 5.41 Å². The molecule has 1 amide bonds. The normalized spacial score (nSPS) is 17.9. The number of nitrogens with zero attached hydrogens (tertiary/aromatic N) is 4. The third kappa shape index (κ3) is 3.92. The van der Waals surface area contributed by atoms with Gasteiger partial charge in [0.2, 0.25) is 17.5 Å². The number of carbonyl (C=O) groups excluding carboxylic acids is 1. The Morgan fingerprint density at radius 2 is 1.82 bits per heavy atom. The molecule has 2 aliphatic rings. The molecule has 0 unspecified atom stereocenters. The molecule has 0 spiro atoms. The Balaban J connectivity index is 1.33. The molecule has 2 fully saturated rings. The highest BCUT2D eigenvalue weighted by Crippen LogP contribution is 2.42. The summed E-state index contributed by atoms with van der Waals surface area (Å²) in [5.74, 6) is 2.20. The second-order valence-corrected chi connectivity index (χ2v) is 8.91. The first-order valence-electron chi connectivity index (χ1n) is 11.8. The van der Waals surface area contributed by atoms with Crippen LogP contribution in [0.15, 0.2) is 51.5 Å². The van der Waals surface area contributed by atoms with Crippen molar-refractivity contribution in [1.82, 2.24) is 9.88 Å². The van der Waals surface area contributed by atoms with Crippen molar-refractivity contribution < 1.29 is 18.4 Å². The predicted molar refractivity (Wildman–Crippen MR) is 125 cm³/mol. The summed E-state index contributed by atoms with van der Waals surface area (Å²) in [5, 5.41) is 9.56. The molecule has 1 aromatic carbocycles. The molecule has 0 N–H and O–H groups in total. The summed E-state index contributed by atoms with van der Waals surface area (Å²) in [6, 6.07) is 13.6. The van der Waals surface area contributed by atoms with Crippen LogP contribution in [0.5, 0.6) is 5.75 Å². The first-order chi connectivity index (χ1) is 16.6. The molecule has 0 bridgehead atoms. The number of methoxy groups -OCH3 is 1. The SMILES string of the molecule is COc1ccc(C2(C(=O)N3CCN(c4oc(-c5ccco5)nc4C#N)CC3)CCCCC2)cc1. The number of anilines is 1. The van der Waals surface area contributed by atoms with Crippen LogP contribution in [0.2, 0.25) is 0 Å². The zero-order valence-electron chi connectivity index (χ0n) is 19.3. The molecule has 2 aromatic heterocycles. The van der Waals surface area contributed by atoms with Gasteiger partial charge >= 0.3 is 0 Å². The first-order valence-corrected chi connectivity index (χ1v) is 11.8. The van der Waals surface area contributed by atoms with Gasteiger partial charge in [0.15, 0.2) is 5.76 Å². The molecular weight excluding hydrogens is 432 g/mol. The Morgan fingerprint density at radius 3 is 2.44 bits per heavy atom. The highest BCUT2D eigenvalue weighted by molar-refractivity contribution is 5.88. The molecule has 3 aromatic rings. The van der Waals surface area contributed by atoms with Crippen molar-refractivity contribution >= 4 is 11.8 Å². The molecule has 8 nitrogen and oxygen atoms in total. The van der Waals surface area contributed by atoms with E-state index in [1.165, 1.54) is 6.42 Å². The van der Waals surface area contributed by atoms with Gasteiger partial charge in [-0.1, -0.05) is 31.4 Å². The van der Waals surface area contributed by atoms with Crippen LogP contribution in [0.1, 0.15) is 43.4 Å². The fraction of sp³-hybridized carbons (Fsp3) is 0.423. The van der Waals surface area contributed by atoms with Gasteiger partial charge in [-0.3, -0.25) is 4.79 Å². The number of ether oxygens (including phenoxy) is 1. The van der Waals surface area contributed by atoms with E-state index in [1.807, 2.05) is 34.1 Å². The van der Waals surface area contributed by atoms with Gasteiger partial charge in [-0.25, -0.2) is 0 Å². The lowest BCUT2D eigenvalue weighted by molar-refractivity contribution is -0.139. The zero-order valence-corrected chi connectivity index (χ0v) is 19.3. The maximum atomic E-state index is 13.9. The minimum Gasteiger partial charge on any atom is -0.497 e. The van der Waals surface area contributed by atoms with Gasteiger partial charge in [0.25, 0.3) is 5.89 Å². The summed E-state index contributed by atoms with van der Waals surface area (Å²) in [6.45, 7) is 2.29.